The molecule has 0 fully saturated rings. The topological polar surface area (TPSA) is 64.6 Å². The molecule has 2 aromatic carbocycles. The van der Waals surface area contributed by atoms with Gasteiger partial charge in [-0.1, -0.05) is 39.7 Å². The number of halogens is 2. The number of esters is 1. The molecule has 2 aromatic rings. The van der Waals surface area contributed by atoms with Crippen molar-refractivity contribution in [3.63, 3.8) is 0 Å². The second kappa shape index (κ2) is 8.70. The Morgan fingerprint density at radius 3 is 2.71 bits per heavy atom. The molecule has 0 saturated carbocycles. The molecule has 0 saturated heterocycles. The molecule has 7 heteroatoms. The van der Waals surface area contributed by atoms with E-state index in [-0.39, 0.29) is 6.61 Å². The number of aryl methyl sites for hydroxylation is 1. The first-order valence-electron chi connectivity index (χ1n) is 7.04. The van der Waals surface area contributed by atoms with E-state index in [0.717, 1.165) is 10.0 Å². The van der Waals surface area contributed by atoms with Crippen molar-refractivity contribution >= 4 is 45.1 Å². The standard InChI is InChI=1S/C17H15BrClNO4/c1-11-5-6-13(19)8-15(11)20-16(21)9-24-17(22)10-23-14-4-2-3-12(18)7-14/h2-8H,9-10H2,1H3,(H,20,21). The molecule has 0 spiro atoms. The Morgan fingerprint density at radius 2 is 1.96 bits per heavy atom. The van der Waals surface area contributed by atoms with Gasteiger partial charge in [0.1, 0.15) is 5.75 Å². The van der Waals surface area contributed by atoms with Crippen molar-refractivity contribution in [2.24, 2.45) is 0 Å². The SMILES string of the molecule is Cc1ccc(Cl)cc1NC(=O)COC(=O)COc1cccc(Br)c1. The highest BCUT2D eigenvalue weighted by Gasteiger charge is 2.10. The predicted octanol–water partition coefficient (Wildman–Crippen LogP) is 3.97. The number of rotatable bonds is 6. The number of anilines is 1. The molecule has 0 unspecified atom stereocenters. The number of carbonyl (C=O) groups is 2. The fourth-order valence-corrected chi connectivity index (χ4v) is 2.35. The third-order valence-electron chi connectivity index (χ3n) is 2.99. The predicted molar refractivity (Wildman–Crippen MR) is 95.4 cm³/mol. The van der Waals surface area contributed by atoms with Crippen molar-refractivity contribution in [2.45, 2.75) is 6.92 Å². The van der Waals surface area contributed by atoms with Crippen LogP contribution in [0.3, 0.4) is 0 Å². The zero-order valence-corrected chi connectivity index (χ0v) is 15.2. The van der Waals surface area contributed by atoms with Crippen LogP contribution in [0.4, 0.5) is 5.69 Å². The summed E-state index contributed by atoms with van der Waals surface area (Å²) < 4.78 is 11.0. The average molecular weight is 413 g/mol. The maximum absolute atomic E-state index is 11.8. The van der Waals surface area contributed by atoms with Gasteiger partial charge in [0.2, 0.25) is 0 Å². The minimum Gasteiger partial charge on any atom is -0.482 e. The molecule has 1 amide bonds. The van der Waals surface area contributed by atoms with E-state index in [0.29, 0.717) is 16.5 Å². The lowest BCUT2D eigenvalue weighted by Crippen LogP contribution is -2.24. The Balaban J connectivity index is 1.77. The Bertz CT molecular complexity index is 751. The fourth-order valence-electron chi connectivity index (χ4n) is 1.80. The molecule has 5 nitrogen and oxygen atoms in total. The van der Waals surface area contributed by atoms with E-state index in [9.17, 15) is 9.59 Å². The number of amides is 1. The van der Waals surface area contributed by atoms with Gasteiger partial charge in [0.05, 0.1) is 0 Å². The molecular formula is C17H15BrClNO4. The third kappa shape index (κ3) is 5.86. The number of hydrogen-bond acceptors (Lipinski definition) is 4. The normalized spacial score (nSPS) is 10.1. The van der Waals surface area contributed by atoms with Gasteiger partial charge in [0, 0.05) is 15.2 Å². The van der Waals surface area contributed by atoms with Gasteiger partial charge >= 0.3 is 5.97 Å². The van der Waals surface area contributed by atoms with Crippen LogP contribution in [-0.4, -0.2) is 25.1 Å². The van der Waals surface area contributed by atoms with Gasteiger partial charge in [0.15, 0.2) is 13.2 Å². The maximum atomic E-state index is 11.8. The lowest BCUT2D eigenvalue weighted by Gasteiger charge is -2.10. The Kier molecular flexibility index (Phi) is 6.63. The van der Waals surface area contributed by atoms with Gasteiger partial charge in [-0.05, 0) is 42.8 Å². The summed E-state index contributed by atoms with van der Waals surface area (Å²) in [7, 11) is 0. The van der Waals surface area contributed by atoms with Crippen LogP contribution >= 0.6 is 27.5 Å². The zero-order valence-electron chi connectivity index (χ0n) is 12.8. The van der Waals surface area contributed by atoms with Crippen LogP contribution in [0.25, 0.3) is 0 Å². The van der Waals surface area contributed by atoms with Crippen LogP contribution in [0.2, 0.25) is 5.02 Å². The number of nitrogens with one attached hydrogen (secondary N) is 1. The van der Waals surface area contributed by atoms with Crippen molar-refractivity contribution < 1.29 is 19.1 Å². The first-order chi connectivity index (χ1) is 11.4. The molecular weight excluding hydrogens is 398 g/mol. The molecule has 2 rings (SSSR count). The van der Waals surface area contributed by atoms with E-state index in [1.54, 1.807) is 36.4 Å². The molecule has 0 aliphatic carbocycles. The summed E-state index contributed by atoms with van der Waals surface area (Å²) >= 11 is 9.18. The summed E-state index contributed by atoms with van der Waals surface area (Å²) in [5, 5.41) is 3.15. The van der Waals surface area contributed by atoms with Gasteiger partial charge in [0.25, 0.3) is 5.91 Å². The van der Waals surface area contributed by atoms with Gasteiger partial charge in [-0.3, -0.25) is 4.79 Å². The van der Waals surface area contributed by atoms with Crippen molar-refractivity contribution in [3.8, 4) is 5.75 Å². The fraction of sp³-hybridized carbons (Fsp3) is 0.176. The van der Waals surface area contributed by atoms with Crippen molar-refractivity contribution in [2.75, 3.05) is 18.5 Å². The average Bonchev–Trinajstić information content (AvgIpc) is 2.54. The van der Waals surface area contributed by atoms with Crippen LogP contribution in [0.5, 0.6) is 5.75 Å². The van der Waals surface area contributed by atoms with Crippen LogP contribution in [0, 0.1) is 6.92 Å². The quantitative estimate of drug-likeness (QED) is 0.729. The maximum Gasteiger partial charge on any atom is 0.344 e. The van der Waals surface area contributed by atoms with Crippen molar-refractivity contribution in [3.05, 3.63) is 57.5 Å². The lowest BCUT2D eigenvalue weighted by atomic mass is 10.2. The second-order valence-electron chi connectivity index (χ2n) is 4.91. The van der Waals surface area contributed by atoms with E-state index < -0.39 is 18.5 Å². The van der Waals surface area contributed by atoms with Crippen LogP contribution in [-0.2, 0) is 14.3 Å². The van der Waals surface area contributed by atoms with E-state index in [1.165, 1.54) is 0 Å². The van der Waals surface area contributed by atoms with Gasteiger partial charge < -0.3 is 14.8 Å². The molecule has 0 aliphatic heterocycles. The highest BCUT2D eigenvalue weighted by molar-refractivity contribution is 9.10. The number of ether oxygens (including phenoxy) is 2. The second-order valence-corrected chi connectivity index (χ2v) is 6.27. The van der Waals surface area contributed by atoms with Gasteiger partial charge in [-0.15, -0.1) is 0 Å². The highest BCUT2D eigenvalue weighted by Crippen LogP contribution is 2.20. The largest absolute Gasteiger partial charge is 0.482 e. The van der Waals surface area contributed by atoms with Gasteiger partial charge in [-0.2, -0.15) is 0 Å². The van der Waals surface area contributed by atoms with E-state index in [2.05, 4.69) is 21.2 Å². The zero-order chi connectivity index (χ0) is 17.5. The number of hydrogen-bond donors (Lipinski definition) is 1. The molecule has 24 heavy (non-hydrogen) atoms. The minimum absolute atomic E-state index is 0.278. The van der Waals surface area contributed by atoms with Crippen LogP contribution < -0.4 is 10.1 Å². The smallest absolute Gasteiger partial charge is 0.344 e. The molecule has 0 aromatic heterocycles. The monoisotopic (exact) mass is 411 g/mol. The summed E-state index contributed by atoms with van der Waals surface area (Å²) in [6, 6.07) is 12.2. The van der Waals surface area contributed by atoms with Crippen LogP contribution in [0.1, 0.15) is 5.56 Å². The molecule has 126 valence electrons. The molecule has 0 aliphatic rings. The summed E-state index contributed by atoms with van der Waals surface area (Å²) in [5.74, 6) is -0.551. The van der Waals surface area contributed by atoms with Crippen LogP contribution in [0.15, 0.2) is 46.9 Å². The number of carbonyl (C=O) groups excluding carboxylic acids is 2. The first kappa shape index (κ1) is 18.3. The van der Waals surface area contributed by atoms with Crippen molar-refractivity contribution in [1.29, 1.82) is 0 Å². The summed E-state index contributed by atoms with van der Waals surface area (Å²) in [6.45, 7) is 1.16. The van der Waals surface area contributed by atoms with Gasteiger partial charge in [-0.25, -0.2) is 4.79 Å². The van der Waals surface area contributed by atoms with E-state index in [1.807, 2.05) is 13.0 Å². The Hall–Kier alpha value is -2.05. The van der Waals surface area contributed by atoms with E-state index >= 15 is 0 Å². The Morgan fingerprint density at radius 1 is 1.17 bits per heavy atom. The molecule has 0 atom stereocenters. The molecule has 0 bridgehead atoms. The molecule has 0 heterocycles. The lowest BCUT2D eigenvalue weighted by molar-refractivity contribution is -0.149. The summed E-state index contributed by atoms with van der Waals surface area (Å²) in [4.78, 5) is 23.4. The molecule has 1 N–H and O–H groups in total. The van der Waals surface area contributed by atoms with E-state index in [4.69, 9.17) is 21.1 Å². The summed E-state index contributed by atoms with van der Waals surface area (Å²) in [5.41, 5.74) is 1.44. The number of benzene rings is 2. The minimum atomic E-state index is -0.632. The Labute approximate surface area is 153 Å². The highest BCUT2D eigenvalue weighted by atomic mass is 79.9. The first-order valence-corrected chi connectivity index (χ1v) is 8.21. The summed E-state index contributed by atoms with van der Waals surface area (Å²) in [6.07, 6.45) is 0. The van der Waals surface area contributed by atoms with Crippen molar-refractivity contribution in [1.82, 2.24) is 0 Å². The molecule has 0 radical (unpaired) electrons. The third-order valence-corrected chi connectivity index (χ3v) is 3.72.